The summed E-state index contributed by atoms with van der Waals surface area (Å²) in [6.45, 7) is 6.45. The molecule has 6 heteroatoms. The highest BCUT2D eigenvalue weighted by atomic mass is 16.2. The van der Waals surface area contributed by atoms with Gasteiger partial charge in [-0.25, -0.2) is 0 Å². The molecule has 2 amide bonds. The molecule has 0 spiro atoms. The van der Waals surface area contributed by atoms with Crippen LogP contribution in [0.25, 0.3) is 0 Å². The molecule has 2 aliphatic rings. The molecule has 1 fully saturated rings. The number of rotatable bonds is 5. The highest BCUT2D eigenvalue weighted by Gasteiger charge is 2.43. The molecule has 1 aliphatic heterocycles. The Morgan fingerprint density at radius 2 is 2.00 bits per heavy atom. The first kappa shape index (κ1) is 17.8. The van der Waals surface area contributed by atoms with E-state index in [1.54, 1.807) is 0 Å². The average Bonchev–Trinajstić information content (AvgIpc) is 3.27. The summed E-state index contributed by atoms with van der Waals surface area (Å²) in [6.07, 6.45) is 3.57. The van der Waals surface area contributed by atoms with Gasteiger partial charge in [0.1, 0.15) is 0 Å². The van der Waals surface area contributed by atoms with Gasteiger partial charge in [0.25, 0.3) is 0 Å². The zero-order chi connectivity index (χ0) is 19.0. The van der Waals surface area contributed by atoms with Gasteiger partial charge in [-0.15, -0.1) is 0 Å². The minimum atomic E-state index is -0.0201. The number of aryl methyl sites for hydroxylation is 1. The molecule has 2 aromatic rings. The largest absolute Gasteiger partial charge is 0.354 e. The monoisotopic (exact) mass is 366 g/mol. The van der Waals surface area contributed by atoms with Crippen LogP contribution in [-0.4, -0.2) is 46.1 Å². The Hall–Kier alpha value is -2.63. The van der Waals surface area contributed by atoms with Crippen molar-refractivity contribution in [1.82, 2.24) is 20.0 Å². The van der Waals surface area contributed by atoms with Crippen LogP contribution in [-0.2, 0) is 29.0 Å². The van der Waals surface area contributed by atoms with Crippen LogP contribution >= 0.6 is 0 Å². The molecule has 2 atom stereocenters. The molecule has 2 heterocycles. The number of amides is 2. The van der Waals surface area contributed by atoms with Crippen LogP contribution < -0.4 is 5.32 Å². The Morgan fingerprint density at radius 1 is 1.22 bits per heavy atom. The first-order valence-electron chi connectivity index (χ1n) is 9.63. The van der Waals surface area contributed by atoms with E-state index in [-0.39, 0.29) is 11.8 Å². The van der Waals surface area contributed by atoms with E-state index in [1.165, 1.54) is 18.1 Å². The van der Waals surface area contributed by atoms with Gasteiger partial charge in [0.05, 0.1) is 18.7 Å². The third-order valence-corrected chi connectivity index (χ3v) is 5.69. The fourth-order valence-corrected chi connectivity index (χ4v) is 4.27. The summed E-state index contributed by atoms with van der Waals surface area (Å²) in [7, 11) is 0. The Labute approximate surface area is 159 Å². The number of hydrogen-bond donors (Lipinski definition) is 1. The van der Waals surface area contributed by atoms with Crippen molar-refractivity contribution in [3.63, 3.8) is 0 Å². The van der Waals surface area contributed by atoms with E-state index in [2.05, 4.69) is 30.6 Å². The van der Waals surface area contributed by atoms with Crippen LogP contribution in [0, 0.1) is 12.8 Å². The van der Waals surface area contributed by atoms with Crippen molar-refractivity contribution < 1.29 is 9.59 Å². The molecule has 0 radical (unpaired) electrons. The lowest BCUT2D eigenvalue weighted by Gasteiger charge is -2.17. The first-order chi connectivity index (χ1) is 13.0. The topological polar surface area (TPSA) is 67.2 Å². The van der Waals surface area contributed by atoms with E-state index in [0.29, 0.717) is 31.3 Å². The molecule has 1 aliphatic carbocycles. The summed E-state index contributed by atoms with van der Waals surface area (Å²) in [6, 6.07) is 8.19. The van der Waals surface area contributed by atoms with Crippen molar-refractivity contribution in [2.24, 2.45) is 5.92 Å². The van der Waals surface area contributed by atoms with Crippen LogP contribution in [0.15, 0.2) is 30.5 Å². The van der Waals surface area contributed by atoms with Gasteiger partial charge in [-0.2, -0.15) is 5.10 Å². The molecular formula is C21H26N4O2. The van der Waals surface area contributed by atoms with Crippen molar-refractivity contribution >= 4 is 11.8 Å². The van der Waals surface area contributed by atoms with Gasteiger partial charge in [0.15, 0.2) is 0 Å². The Kier molecular flexibility index (Phi) is 4.72. The van der Waals surface area contributed by atoms with Gasteiger partial charge in [-0.05, 0) is 30.4 Å². The summed E-state index contributed by atoms with van der Waals surface area (Å²) in [5.41, 5.74) is 4.74. The number of nitrogens with one attached hydrogen (secondary N) is 1. The lowest BCUT2D eigenvalue weighted by Crippen LogP contribution is -2.30. The molecule has 1 N–H and O–H groups in total. The van der Waals surface area contributed by atoms with Crippen LogP contribution in [0.5, 0.6) is 0 Å². The quantitative estimate of drug-likeness (QED) is 0.875. The number of carbonyl (C=O) groups excluding carboxylic acids is 2. The smallest absolute Gasteiger partial charge is 0.227 e. The van der Waals surface area contributed by atoms with Crippen LogP contribution in [0.3, 0.4) is 0 Å². The lowest BCUT2D eigenvalue weighted by molar-refractivity contribution is -0.129. The normalized spacial score (nSPS) is 20.4. The fourth-order valence-electron chi connectivity index (χ4n) is 4.27. The fraction of sp³-hybridized carbons (Fsp3) is 0.476. The Bertz CT molecular complexity index is 856. The number of carbonyl (C=O) groups is 2. The highest BCUT2D eigenvalue weighted by molar-refractivity contribution is 5.79. The summed E-state index contributed by atoms with van der Waals surface area (Å²) >= 11 is 0. The number of likely N-dealkylation sites (tertiary alicyclic amines) is 1. The summed E-state index contributed by atoms with van der Waals surface area (Å²) in [5, 5.41) is 7.55. The molecule has 1 aromatic heterocycles. The maximum Gasteiger partial charge on any atom is 0.227 e. The lowest BCUT2D eigenvalue weighted by atomic mass is 9.99. The standard InChI is InChI=1S/C21H26N4O2/c1-14-3-5-16(6-4-14)9-20(27)24-11-17-10-18-12-25(8-7-22-15(2)26)23-21(18)19(17)13-24/h3-6,12,17,19H,7-11,13H2,1-2H3,(H,22,26)/t17-,19+/m1/s1. The Balaban J connectivity index is 1.37. The highest BCUT2D eigenvalue weighted by Crippen LogP contribution is 2.42. The van der Waals surface area contributed by atoms with Crippen molar-refractivity contribution in [2.45, 2.75) is 39.2 Å². The van der Waals surface area contributed by atoms with E-state index in [1.807, 2.05) is 21.7 Å². The Morgan fingerprint density at radius 3 is 2.74 bits per heavy atom. The molecule has 1 saturated heterocycles. The first-order valence-corrected chi connectivity index (χ1v) is 9.63. The number of hydrogen-bond acceptors (Lipinski definition) is 3. The van der Waals surface area contributed by atoms with E-state index >= 15 is 0 Å². The molecule has 0 saturated carbocycles. The summed E-state index contributed by atoms with van der Waals surface area (Å²) < 4.78 is 1.92. The maximum absolute atomic E-state index is 12.7. The van der Waals surface area contributed by atoms with Gasteiger partial charge in [0, 0.05) is 38.7 Å². The zero-order valence-electron chi connectivity index (χ0n) is 15.9. The van der Waals surface area contributed by atoms with Gasteiger partial charge < -0.3 is 10.2 Å². The van der Waals surface area contributed by atoms with Crippen LogP contribution in [0.1, 0.15) is 35.2 Å². The molecule has 27 heavy (non-hydrogen) atoms. The SMILES string of the molecule is CC(=O)NCCn1cc2c(n1)[C@H]1CN(C(=O)Cc3ccc(C)cc3)C[C@H]1C2. The predicted octanol–water partition coefficient (Wildman–Crippen LogP) is 1.67. The zero-order valence-corrected chi connectivity index (χ0v) is 15.9. The second-order valence-electron chi connectivity index (χ2n) is 7.82. The van der Waals surface area contributed by atoms with E-state index < -0.39 is 0 Å². The number of fused-ring (bicyclic) bond motifs is 3. The minimum Gasteiger partial charge on any atom is -0.354 e. The molecule has 142 valence electrons. The molecule has 4 rings (SSSR count). The van der Waals surface area contributed by atoms with Gasteiger partial charge >= 0.3 is 0 Å². The molecule has 1 aromatic carbocycles. The third-order valence-electron chi connectivity index (χ3n) is 5.69. The van der Waals surface area contributed by atoms with E-state index in [4.69, 9.17) is 5.10 Å². The molecular weight excluding hydrogens is 340 g/mol. The van der Waals surface area contributed by atoms with Crippen LogP contribution in [0.2, 0.25) is 0 Å². The predicted molar refractivity (Wildman–Crippen MR) is 102 cm³/mol. The van der Waals surface area contributed by atoms with E-state index in [9.17, 15) is 9.59 Å². The average molecular weight is 366 g/mol. The maximum atomic E-state index is 12.7. The van der Waals surface area contributed by atoms with E-state index in [0.717, 1.165) is 30.8 Å². The van der Waals surface area contributed by atoms with Gasteiger partial charge in [0.2, 0.25) is 11.8 Å². The number of benzene rings is 1. The molecule has 0 unspecified atom stereocenters. The second-order valence-corrected chi connectivity index (χ2v) is 7.82. The summed E-state index contributed by atoms with van der Waals surface area (Å²) in [4.78, 5) is 25.7. The molecule has 0 bridgehead atoms. The summed E-state index contributed by atoms with van der Waals surface area (Å²) in [5.74, 6) is 1.03. The van der Waals surface area contributed by atoms with Gasteiger partial charge in [-0.3, -0.25) is 14.3 Å². The minimum absolute atomic E-state index is 0.0201. The van der Waals surface area contributed by atoms with Gasteiger partial charge in [-0.1, -0.05) is 29.8 Å². The van der Waals surface area contributed by atoms with Crippen LogP contribution in [0.4, 0.5) is 0 Å². The third kappa shape index (κ3) is 3.75. The molecule has 6 nitrogen and oxygen atoms in total. The van der Waals surface area contributed by atoms with Crippen molar-refractivity contribution in [3.8, 4) is 0 Å². The van der Waals surface area contributed by atoms with Crippen molar-refractivity contribution in [3.05, 3.63) is 52.8 Å². The second kappa shape index (κ2) is 7.18. The van der Waals surface area contributed by atoms with Crippen molar-refractivity contribution in [2.75, 3.05) is 19.6 Å². The number of nitrogens with zero attached hydrogens (tertiary/aromatic N) is 3. The number of aromatic nitrogens is 2. The van der Waals surface area contributed by atoms with Crippen molar-refractivity contribution in [1.29, 1.82) is 0 Å².